The van der Waals surface area contributed by atoms with Gasteiger partial charge in [0.25, 0.3) is 0 Å². The lowest BCUT2D eigenvalue weighted by Crippen LogP contribution is -2.29. The van der Waals surface area contributed by atoms with E-state index in [9.17, 15) is 0 Å². The second-order valence-electron chi connectivity index (χ2n) is 8.14. The molecule has 2 atom stereocenters. The van der Waals surface area contributed by atoms with Crippen LogP contribution in [0.5, 0.6) is 0 Å². The number of aromatic nitrogens is 3. The molecule has 0 aliphatic carbocycles. The van der Waals surface area contributed by atoms with Gasteiger partial charge < -0.3 is 19.2 Å². The number of hydrogen-bond donors (Lipinski definition) is 1. The third-order valence-electron chi connectivity index (χ3n) is 6.09. The van der Waals surface area contributed by atoms with E-state index in [0.29, 0.717) is 11.7 Å². The molecule has 0 amide bonds. The molecular weight excluding hydrogens is 418 g/mol. The van der Waals surface area contributed by atoms with Crippen molar-refractivity contribution in [3.63, 3.8) is 0 Å². The van der Waals surface area contributed by atoms with Crippen LogP contribution in [0.25, 0.3) is 5.82 Å². The molecule has 5 rings (SSSR count). The molecule has 32 heavy (non-hydrogen) atoms. The first kappa shape index (κ1) is 20.5. The number of hydrogen-bond acceptors (Lipinski definition) is 4. The second-order valence-corrected chi connectivity index (χ2v) is 8.53. The maximum absolute atomic E-state index is 5.79. The SMILES string of the molecule is Cc1cccnc1-n1c(C)cc([C@@H]2[C@@H](c3ccccn3)NC(=S)N2Cc2ccco2)c1C. The minimum Gasteiger partial charge on any atom is -0.467 e. The molecule has 0 saturated carbocycles. The molecule has 1 aliphatic rings. The lowest BCUT2D eigenvalue weighted by atomic mass is 9.96. The van der Waals surface area contributed by atoms with Gasteiger partial charge in [-0.2, -0.15) is 0 Å². The van der Waals surface area contributed by atoms with Gasteiger partial charge in [0.1, 0.15) is 11.6 Å². The molecule has 1 aliphatic heterocycles. The molecule has 0 radical (unpaired) electrons. The van der Waals surface area contributed by atoms with Crippen LogP contribution in [0.2, 0.25) is 0 Å². The average molecular weight is 444 g/mol. The van der Waals surface area contributed by atoms with Crippen molar-refractivity contribution in [1.82, 2.24) is 24.8 Å². The van der Waals surface area contributed by atoms with Gasteiger partial charge in [0, 0.05) is 23.8 Å². The molecule has 162 valence electrons. The molecule has 0 bridgehead atoms. The molecule has 0 aromatic carbocycles. The van der Waals surface area contributed by atoms with Gasteiger partial charge in [-0.3, -0.25) is 4.98 Å². The minimum absolute atomic E-state index is 0.0357. The number of thiocarbonyl (C=S) groups is 1. The first-order valence-corrected chi connectivity index (χ1v) is 11.1. The Hall–Kier alpha value is -3.45. The van der Waals surface area contributed by atoms with Gasteiger partial charge in [-0.25, -0.2) is 4.98 Å². The highest BCUT2D eigenvalue weighted by Gasteiger charge is 2.41. The van der Waals surface area contributed by atoms with Gasteiger partial charge in [0.05, 0.1) is 30.6 Å². The summed E-state index contributed by atoms with van der Waals surface area (Å²) in [7, 11) is 0. The van der Waals surface area contributed by atoms with Crippen molar-refractivity contribution >= 4 is 17.3 Å². The second kappa shape index (κ2) is 8.24. The van der Waals surface area contributed by atoms with E-state index in [1.165, 1.54) is 5.56 Å². The monoisotopic (exact) mass is 443 g/mol. The largest absolute Gasteiger partial charge is 0.467 e. The van der Waals surface area contributed by atoms with E-state index in [-0.39, 0.29) is 12.1 Å². The van der Waals surface area contributed by atoms with Crippen molar-refractivity contribution in [3.05, 3.63) is 101 Å². The first-order chi connectivity index (χ1) is 15.5. The van der Waals surface area contributed by atoms with Crippen LogP contribution in [-0.4, -0.2) is 24.5 Å². The maximum atomic E-state index is 5.79. The number of rotatable bonds is 5. The maximum Gasteiger partial charge on any atom is 0.170 e. The third-order valence-corrected chi connectivity index (χ3v) is 6.44. The third kappa shape index (κ3) is 3.48. The minimum atomic E-state index is -0.0718. The fraction of sp³-hybridized carbons (Fsp3) is 0.240. The highest BCUT2D eigenvalue weighted by molar-refractivity contribution is 7.80. The summed E-state index contributed by atoms with van der Waals surface area (Å²) in [6.07, 6.45) is 5.36. The van der Waals surface area contributed by atoms with Crippen molar-refractivity contribution in [2.24, 2.45) is 0 Å². The van der Waals surface area contributed by atoms with E-state index >= 15 is 0 Å². The summed E-state index contributed by atoms with van der Waals surface area (Å²) in [6, 6.07) is 16.1. The summed E-state index contributed by atoms with van der Waals surface area (Å²) in [4.78, 5) is 11.5. The van der Waals surface area contributed by atoms with Crippen LogP contribution in [0.1, 0.15) is 46.1 Å². The highest BCUT2D eigenvalue weighted by atomic mass is 32.1. The van der Waals surface area contributed by atoms with E-state index < -0.39 is 0 Å². The van der Waals surface area contributed by atoms with Crippen molar-refractivity contribution in [2.75, 3.05) is 0 Å². The van der Waals surface area contributed by atoms with E-state index in [1.54, 1.807) is 6.26 Å². The Kier molecular flexibility index (Phi) is 5.27. The molecule has 1 N–H and O–H groups in total. The van der Waals surface area contributed by atoms with Crippen molar-refractivity contribution < 1.29 is 4.42 Å². The number of aryl methyl sites for hydroxylation is 2. The molecule has 0 spiro atoms. The predicted octanol–water partition coefficient (Wildman–Crippen LogP) is 4.96. The summed E-state index contributed by atoms with van der Waals surface area (Å²) in [6.45, 7) is 6.95. The first-order valence-electron chi connectivity index (χ1n) is 10.7. The average Bonchev–Trinajstić information content (AvgIpc) is 3.49. The van der Waals surface area contributed by atoms with E-state index in [2.05, 4.69) is 57.7 Å². The van der Waals surface area contributed by atoms with Gasteiger partial charge in [0.15, 0.2) is 5.11 Å². The normalized spacial score (nSPS) is 18.2. The molecule has 5 heterocycles. The van der Waals surface area contributed by atoms with Crippen LogP contribution in [0.4, 0.5) is 0 Å². The summed E-state index contributed by atoms with van der Waals surface area (Å²) < 4.78 is 7.88. The number of pyridine rings is 2. The van der Waals surface area contributed by atoms with Gasteiger partial charge >= 0.3 is 0 Å². The summed E-state index contributed by atoms with van der Waals surface area (Å²) in [5.41, 5.74) is 5.57. The van der Waals surface area contributed by atoms with Crippen LogP contribution in [0.15, 0.2) is 71.6 Å². The lowest BCUT2D eigenvalue weighted by molar-refractivity contribution is 0.286. The number of nitrogens with zero attached hydrogens (tertiary/aromatic N) is 4. The van der Waals surface area contributed by atoms with Crippen LogP contribution < -0.4 is 5.32 Å². The quantitative estimate of drug-likeness (QED) is 0.440. The standard InChI is InChI=1S/C25H25N5OS/c1-16-8-6-12-27-24(16)30-17(2)14-20(18(30)3)23-22(21-10-4-5-11-26-21)28-25(32)29(23)15-19-9-7-13-31-19/h4-14,22-23H,15H2,1-3H3,(H,28,32)/t22-,23-/m1/s1. The zero-order valence-corrected chi connectivity index (χ0v) is 19.1. The van der Waals surface area contributed by atoms with E-state index in [1.807, 2.05) is 48.8 Å². The van der Waals surface area contributed by atoms with Gasteiger partial charge in [-0.05, 0) is 80.5 Å². The molecule has 7 heteroatoms. The zero-order valence-electron chi connectivity index (χ0n) is 18.3. The number of nitrogens with one attached hydrogen (secondary N) is 1. The Morgan fingerprint density at radius 1 is 1.03 bits per heavy atom. The molecule has 0 unspecified atom stereocenters. The Balaban J connectivity index is 1.64. The summed E-state index contributed by atoms with van der Waals surface area (Å²) in [5.74, 6) is 1.82. The Bertz CT molecular complexity index is 1250. The van der Waals surface area contributed by atoms with Crippen LogP contribution in [0, 0.1) is 20.8 Å². The van der Waals surface area contributed by atoms with Crippen LogP contribution in [0.3, 0.4) is 0 Å². The molecule has 4 aromatic heterocycles. The zero-order chi connectivity index (χ0) is 22.2. The fourth-order valence-electron chi connectivity index (χ4n) is 4.61. The van der Waals surface area contributed by atoms with Crippen molar-refractivity contribution in [3.8, 4) is 5.82 Å². The topological polar surface area (TPSA) is 59.1 Å². The van der Waals surface area contributed by atoms with Crippen molar-refractivity contribution in [2.45, 2.75) is 39.4 Å². The highest BCUT2D eigenvalue weighted by Crippen LogP contribution is 2.42. The van der Waals surface area contributed by atoms with Gasteiger partial charge in [-0.1, -0.05) is 12.1 Å². The number of furan rings is 1. The van der Waals surface area contributed by atoms with Crippen LogP contribution in [-0.2, 0) is 6.54 Å². The Morgan fingerprint density at radius 3 is 2.59 bits per heavy atom. The Morgan fingerprint density at radius 2 is 1.88 bits per heavy atom. The molecule has 6 nitrogen and oxygen atoms in total. The molecular formula is C25H25N5OS. The fourth-order valence-corrected chi connectivity index (χ4v) is 4.91. The van der Waals surface area contributed by atoms with E-state index in [4.69, 9.17) is 16.6 Å². The van der Waals surface area contributed by atoms with Crippen LogP contribution >= 0.6 is 12.2 Å². The lowest BCUT2D eigenvalue weighted by Gasteiger charge is -2.27. The predicted molar refractivity (Wildman–Crippen MR) is 127 cm³/mol. The summed E-state index contributed by atoms with van der Waals surface area (Å²) >= 11 is 5.79. The molecule has 1 saturated heterocycles. The van der Waals surface area contributed by atoms with Gasteiger partial charge in [0.2, 0.25) is 0 Å². The summed E-state index contributed by atoms with van der Waals surface area (Å²) in [5, 5.41) is 4.21. The molecule has 1 fully saturated rings. The molecule has 4 aromatic rings. The smallest absolute Gasteiger partial charge is 0.170 e. The van der Waals surface area contributed by atoms with E-state index in [0.717, 1.165) is 34.2 Å². The van der Waals surface area contributed by atoms with Gasteiger partial charge in [-0.15, -0.1) is 0 Å². The Labute approximate surface area is 192 Å². The van der Waals surface area contributed by atoms with Crippen molar-refractivity contribution in [1.29, 1.82) is 0 Å².